The van der Waals surface area contributed by atoms with E-state index in [-0.39, 0.29) is 24.3 Å². The highest BCUT2D eigenvalue weighted by atomic mass is 16.6. The first-order chi connectivity index (χ1) is 15.2. The predicted octanol–water partition coefficient (Wildman–Crippen LogP) is 4.15. The number of benzene rings is 2. The van der Waals surface area contributed by atoms with E-state index in [1.165, 1.54) is 0 Å². The Kier molecular flexibility index (Phi) is 5.83. The minimum absolute atomic E-state index is 0.147. The van der Waals surface area contributed by atoms with Crippen molar-refractivity contribution in [2.45, 2.75) is 62.9 Å². The second-order valence-electron chi connectivity index (χ2n) is 8.75. The number of hydrogen-bond acceptors (Lipinski definition) is 5. The van der Waals surface area contributed by atoms with Crippen molar-refractivity contribution < 1.29 is 14.3 Å². The molecule has 3 fully saturated rings. The predicted molar refractivity (Wildman–Crippen MR) is 119 cm³/mol. The fraction of sp³-hybridized carbons (Fsp3) is 0.480. The molecule has 2 N–H and O–H groups in total. The zero-order chi connectivity index (χ0) is 21.2. The summed E-state index contributed by atoms with van der Waals surface area (Å²) in [6.45, 7) is 3.65. The molecule has 5 atom stereocenters. The van der Waals surface area contributed by atoms with Crippen LogP contribution in [0.4, 0.5) is 4.79 Å². The van der Waals surface area contributed by atoms with Crippen LogP contribution in [0.15, 0.2) is 54.6 Å². The molecule has 164 valence electrons. The van der Waals surface area contributed by atoms with Crippen molar-refractivity contribution >= 4 is 6.09 Å². The van der Waals surface area contributed by atoms with Crippen LogP contribution in [0, 0.1) is 0 Å². The number of amides is 1. The first-order valence-corrected chi connectivity index (χ1v) is 11.5. The molecule has 2 heterocycles. The Hall–Kier alpha value is -2.57. The van der Waals surface area contributed by atoms with E-state index in [2.05, 4.69) is 29.7 Å². The number of carbonyl (C=O) groups is 1. The van der Waals surface area contributed by atoms with Crippen molar-refractivity contribution in [3.63, 3.8) is 0 Å². The number of ether oxygens (including phenoxy) is 2. The largest absolute Gasteiger partial charge is 0.494 e. The van der Waals surface area contributed by atoms with E-state index in [0.717, 1.165) is 49.2 Å². The molecule has 1 saturated carbocycles. The zero-order valence-electron chi connectivity index (χ0n) is 18.0. The molecule has 6 heteroatoms. The van der Waals surface area contributed by atoms with Crippen LogP contribution in [0.5, 0.6) is 5.75 Å². The van der Waals surface area contributed by atoms with Crippen LogP contribution in [-0.4, -0.2) is 42.4 Å². The molecule has 5 rings (SSSR count). The zero-order valence-corrected chi connectivity index (χ0v) is 18.0. The summed E-state index contributed by atoms with van der Waals surface area (Å²) in [7, 11) is 0. The smallest absolute Gasteiger partial charge is 0.411 e. The van der Waals surface area contributed by atoms with Crippen LogP contribution in [0.1, 0.15) is 55.9 Å². The molecule has 0 spiro atoms. The number of nitrogens with zero attached hydrogens (tertiary/aromatic N) is 1. The van der Waals surface area contributed by atoms with E-state index in [0.29, 0.717) is 18.7 Å². The molecule has 2 aromatic rings. The highest BCUT2D eigenvalue weighted by Gasteiger charge is 2.48. The van der Waals surface area contributed by atoms with E-state index in [9.17, 15) is 4.79 Å². The van der Waals surface area contributed by atoms with Crippen molar-refractivity contribution in [2.24, 2.45) is 0 Å². The summed E-state index contributed by atoms with van der Waals surface area (Å²) in [5.74, 6) is 0.861. The van der Waals surface area contributed by atoms with E-state index < -0.39 is 0 Å². The molecule has 5 unspecified atom stereocenters. The normalized spacial score (nSPS) is 30.2. The van der Waals surface area contributed by atoms with Gasteiger partial charge >= 0.3 is 6.09 Å². The molecule has 2 saturated heterocycles. The Morgan fingerprint density at radius 2 is 1.77 bits per heavy atom. The molecule has 2 aromatic carbocycles. The van der Waals surface area contributed by atoms with E-state index in [4.69, 9.17) is 9.47 Å². The number of hydrogen-bond donors (Lipinski definition) is 2. The fourth-order valence-electron chi connectivity index (χ4n) is 5.27. The van der Waals surface area contributed by atoms with Crippen molar-refractivity contribution in [2.75, 3.05) is 13.3 Å². The van der Waals surface area contributed by atoms with Gasteiger partial charge in [0.2, 0.25) is 0 Å². The maximum atomic E-state index is 13.2. The summed E-state index contributed by atoms with van der Waals surface area (Å²) in [6, 6.07) is 19.2. The third-order valence-corrected chi connectivity index (χ3v) is 6.79. The summed E-state index contributed by atoms with van der Waals surface area (Å²) >= 11 is 0. The van der Waals surface area contributed by atoms with Gasteiger partial charge in [0.1, 0.15) is 11.8 Å². The number of nitrogens with one attached hydrogen (secondary N) is 2. The summed E-state index contributed by atoms with van der Waals surface area (Å²) in [5, 5.41) is 7.07. The number of cyclic esters (lactones) is 1. The van der Waals surface area contributed by atoms with E-state index in [1.807, 2.05) is 47.4 Å². The van der Waals surface area contributed by atoms with E-state index >= 15 is 0 Å². The minimum atomic E-state index is -0.316. The molecule has 0 aromatic heterocycles. The van der Waals surface area contributed by atoms with Crippen molar-refractivity contribution in [1.82, 2.24) is 15.5 Å². The molecule has 3 aliphatic rings. The van der Waals surface area contributed by atoms with Gasteiger partial charge in [-0.2, -0.15) is 0 Å². The maximum absolute atomic E-state index is 13.2. The van der Waals surface area contributed by atoms with E-state index in [1.54, 1.807) is 0 Å². The number of fused-ring (bicyclic) bond motifs is 1. The second kappa shape index (κ2) is 8.89. The first kappa shape index (κ1) is 20.3. The van der Waals surface area contributed by atoms with Gasteiger partial charge < -0.3 is 20.1 Å². The van der Waals surface area contributed by atoms with Gasteiger partial charge in [-0.1, -0.05) is 49.4 Å². The average Bonchev–Trinajstić information content (AvgIpc) is 3.42. The minimum Gasteiger partial charge on any atom is -0.494 e. The molecular weight excluding hydrogens is 390 g/mol. The van der Waals surface area contributed by atoms with Crippen molar-refractivity contribution in [3.05, 3.63) is 65.7 Å². The highest BCUT2D eigenvalue weighted by molar-refractivity contribution is 5.72. The summed E-state index contributed by atoms with van der Waals surface area (Å²) in [5.41, 5.74) is 2.12. The maximum Gasteiger partial charge on any atom is 0.411 e. The molecule has 0 bridgehead atoms. The van der Waals surface area contributed by atoms with Crippen LogP contribution in [-0.2, 0) is 4.74 Å². The first-order valence-electron chi connectivity index (χ1n) is 11.5. The van der Waals surface area contributed by atoms with Crippen molar-refractivity contribution in [3.8, 4) is 5.75 Å². The summed E-state index contributed by atoms with van der Waals surface area (Å²) in [4.78, 5) is 15.2. The number of rotatable bonds is 6. The van der Waals surface area contributed by atoms with Gasteiger partial charge in [-0.05, 0) is 48.9 Å². The second-order valence-corrected chi connectivity index (χ2v) is 8.75. The van der Waals surface area contributed by atoms with Gasteiger partial charge in [0.25, 0.3) is 0 Å². The SMILES string of the molecule is CCCOc1ccc(C2C(c3ccccc3)OC(=O)N2C2CCC3NCNC3C2)cc1. The Morgan fingerprint density at radius 1 is 1.00 bits per heavy atom. The van der Waals surface area contributed by atoms with Gasteiger partial charge in [0, 0.05) is 24.8 Å². The molecule has 1 amide bonds. The monoisotopic (exact) mass is 421 g/mol. The lowest BCUT2D eigenvalue weighted by molar-refractivity contribution is 0.120. The van der Waals surface area contributed by atoms with Gasteiger partial charge in [-0.3, -0.25) is 4.90 Å². The van der Waals surface area contributed by atoms with Crippen LogP contribution in [0.3, 0.4) is 0 Å². The molecule has 1 aliphatic carbocycles. The Morgan fingerprint density at radius 3 is 2.55 bits per heavy atom. The van der Waals surface area contributed by atoms with Gasteiger partial charge in [0.15, 0.2) is 6.10 Å². The molecule has 6 nitrogen and oxygen atoms in total. The molecule has 2 aliphatic heterocycles. The Labute approximate surface area is 183 Å². The molecule has 31 heavy (non-hydrogen) atoms. The molecule has 0 radical (unpaired) electrons. The van der Waals surface area contributed by atoms with Crippen LogP contribution < -0.4 is 15.4 Å². The lowest BCUT2D eigenvalue weighted by atomic mass is 9.85. The van der Waals surface area contributed by atoms with Crippen LogP contribution >= 0.6 is 0 Å². The summed E-state index contributed by atoms with van der Waals surface area (Å²) < 4.78 is 11.8. The Balaban J connectivity index is 1.46. The van der Waals surface area contributed by atoms with Crippen LogP contribution in [0.25, 0.3) is 0 Å². The fourth-order valence-corrected chi connectivity index (χ4v) is 5.27. The third kappa shape index (κ3) is 4.02. The van der Waals surface area contributed by atoms with Gasteiger partial charge in [-0.15, -0.1) is 0 Å². The number of carbonyl (C=O) groups excluding carboxylic acids is 1. The third-order valence-electron chi connectivity index (χ3n) is 6.79. The molecular formula is C25H31N3O3. The highest BCUT2D eigenvalue weighted by Crippen LogP contribution is 2.46. The quantitative estimate of drug-likeness (QED) is 0.734. The van der Waals surface area contributed by atoms with Gasteiger partial charge in [-0.25, -0.2) is 4.79 Å². The van der Waals surface area contributed by atoms with Crippen molar-refractivity contribution in [1.29, 1.82) is 0 Å². The lowest BCUT2D eigenvalue weighted by Gasteiger charge is -2.38. The lowest BCUT2D eigenvalue weighted by Crippen LogP contribution is -2.49. The van der Waals surface area contributed by atoms with Crippen LogP contribution in [0.2, 0.25) is 0 Å². The Bertz CT molecular complexity index is 889. The average molecular weight is 422 g/mol. The standard InChI is InChI=1S/C25H31N3O3/c1-2-14-30-20-11-8-17(9-12-20)23-24(18-6-4-3-5-7-18)31-25(29)28(23)19-10-13-21-22(15-19)27-16-26-21/h3-9,11-12,19,21-24,26-27H,2,10,13-16H2,1H3. The van der Waals surface area contributed by atoms with Gasteiger partial charge in [0.05, 0.1) is 6.61 Å². The summed E-state index contributed by atoms with van der Waals surface area (Å²) in [6.07, 6.45) is 3.45. The topological polar surface area (TPSA) is 62.8 Å².